The number of carbonyl (C=O) groups is 1. The molecule has 2 nitrogen and oxygen atoms in total. The maximum absolute atomic E-state index is 12.8. The molecule has 23 heavy (non-hydrogen) atoms. The fourth-order valence-corrected chi connectivity index (χ4v) is 2.45. The Kier molecular flexibility index (Phi) is 5.49. The Morgan fingerprint density at radius 3 is 2.52 bits per heavy atom. The summed E-state index contributed by atoms with van der Waals surface area (Å²) in [5, 5.41) is 2.85. The minimum atomic E-state index is -4.51. The van der Waals surface area contributed by atoms with E-state index >= 15 is 0 Å². The molecule has 0 spiro atoms. The maximum atomic E-state index is 12.8. The first-order valence-electron chi connectivity index (χ1n) is 6.38. The van der Waals surface area contributed by atoms with Gasteiger partial charge in [-0.15, -0.1) is 0 Å². The van der Waals surface area contributed by atoms with E-state index in [9.17, 15) is 18.0 Å². The van der Waals surface area contributed by atoms with Gasteiger partial charge in [0.05, 0.1) is 5.56 Å². The second kappa shape index (κ2) is 7.19. The van der Waals surface area contributed by atoms with E-state index in [0.29, 0.717) is 10.6 Å². The molecular weight excluding hydrogens is 395 g/mol. The number of hydrogen-bond donors (Lipinski definition) is 1. The number of anilines is 1. The molecule has 2 aromatic carbocycles. The van der Waals surface area contributed by atoms with E-state index in [-0.39, 0.29) is 10.2 Å². The minimum absolute atomic E-state index is 0.0503. The van der Waals surface area contributed by atoms with Crippen molar-refractivity contribution in [3.05, 3.63) is 69.2 Å². The first-order valence-corrected chi connectivity index (χ1v) is 7.55. The van der Waals surface area contributed by atoms with Gasteiger partial charge < -0.3 is 5.32 Å². The van der Waals surface area contributed by atoms with Gasteiger partial charge in [-0.1, -0.05) is 45.7 Å². The largest absolute Gasteiger partial charge is 0.417 e. The fourth-order valence-electron chi connectivity index (χ4n) is 1.78. The number of halogens is 5. The highest BCUT2D eigenvalue weighted by Gasteiger charge is 2.33. The maximum Gasteiger partial charge on any atom is 0.417 e. The van der Waals surface area contributed by atoms with Crippen molar-refractivity contribution in [1.29, 1.82) is 0 Å². The van der Waals surface area contributed by atoms with Gasteiger partial charge in [0, 0.05) is 21.3 Å². The van der Waals surface area contributed by atoms with E-state index in [2.05, 4.69) is 21.2 Å². The average molecular weight is 405 g/mol. The zero-order valence-corrected chi connectivity index (χ0v) is 13.8. The number of carbonyl (C=O) groups excluding carboxylic acids is 1. The zero-order chi connectivity index (χ0) is 17.0. The van der Waals surface area contributed by atoms with E-state index < -0.39 is 17.6 Å². The third-order valence-electron chi connectivity index (χ3n) is 2.86. The van der Waals surface area contributed by atoms with Gasteiger partial charge in [0.2, 0.25) is 5.91 Å². The molecule has 1 N–H and O–H groups in total. The van der Waals surface area contributed by atoms with Crippen LogP contribution >= 0.6 is 27.5 Å². The first-order chi connectivity index (χ1) is 10.8. The molecule has 0 aliphatic carbocycles. The highest BCUT2D eigenvalue weighted by atomic mass is 79.9. The van der Waals surface area contributed by atoms with Crippen molar-refractivity contribution in [3.8, 4) is 0 Å². The number of alkyl halides is 3. The fraction of sp³-hybridized carbons (Fsp3) is 0.0625. The summed E-state index contributed by atoms with van der Waals surface area (Å²) in [4.78, 5) is 11.8. The van der Waals surface area contributed by atoms with Crippen molar-refractivity contribution in [2.24, 2.45) is 0 Å². The predicted molar refractivity (Wildman–Crippen MR) is 88.3 cm³/mol. The van der Waals surface area contributed by atoms with Crippen molar-refractivity contribution in [3.63, 3.8) is 0 Å². The Morgan fingerprint density at radius 2 is 1.87 bits per heavy atom. The standard InChI is InChI=1S/C16H10BrClF3NO/c17-13-7-6-11(9-12(13)16(19,20)21)22-15(23)8-5-10-3-1-2-4-14(10)18/h1-9H,(H,22,23)/b8-5+. The first kappa shape index (κ1) is 17.6. The van der Waals surface area contributed by atoms with Gasteiger partial charge in [-0.25, -0.2) is 0 Å². The van der Waals surface area contributed by atoms with Crippen LogP contribution in [-0.4, -0.2) is 5.91 Å². The topological polar surface area (TPSA) is 29.1 Å². The van der Waals surface area contributed by atoms with Gasteiger partial charge in [0.15, 0.2) is 0 Å². The summed E-state index contributed by atoms with van der Waals surface area (Å²) in [6.07, 6.45) is -1.81. The van der Waals surface area contributed by atoms with E-state index in [1.807, 2.05) is 0 Å². The third-order valence-corrected chi connectivity index (χ3v) is 3.89. The monoisotopic (exact) mass is 403 g/mol. The number of amides is 1. The van der Waals surface area contributed by atoms with Crippen LogP contribution in [0.25, 0.3) is 6.08 Å². The van der Waals surface area contributed by atoms with E-state index in [1.165, 1.54) is 24.3 Å². The molecule has 0 atom stereocenters. The lowest BCUT2D eigenvalue weighted by atomic mass is 10.2. The Bertz CT molecular complexity index is 759. The molecule has 0 radical (unpaired) electrons. The molecule has 0 heterocycles. The highest BCUT2D eigenvalue weighted by molar-refractivity contribution is 9.10. The van der Waals surface area contributed by atoms with Crippen LogP contribution in [0.4, 0.5) is 18.9 Å². The number of nitrogens with one attached hydrogen (secondary N) is 1. The molecule has 0 aliphatic rings. The Balaban J connectivity index is 2.14. The summed E-state index contributed by atoms with van der Waals surface area (Å²) < 4.78 is 38.3. The second-order valence-electron chi connectivity index (χ2n) is 4.54. The molecular formula is C16H10BrClF3NO. The van der Waals surface area contributed by atoms with Crippen molar-refractivity contribution >= 4 is 45.2 Å². The van der Waals surface area contributed by atoms with Crippen molar-refractivity contribution in [2.75, 3.05) is 5.32 Å². The molecule has 0 aromatic heterocycles. The molecule has 0 saturated heterocycles. The number of benzene rings is 2. The van der Waals surface area contributed by atoms with Crippen LogP contribution in [0, 0.1) is 0 Å². The van der Waals surface area contributed by atoms with Gasteiger partial charge in [0.1, 0.15) is 0 Å². The smallest absolute Gasteiger partial charge is 0.322 e. The summed E-state index contributed by atoms with van der Waals surface area (Å²) in [5.41, 5.74) is -0.171. The lowest BCUT2D eigenvalue weighted by Crippen LogP contribution is -2.11. The summed E-state index contributed by atoms with van der Waals surface area (Å²) in [6, 6.07) is 10.4. The van der Waals surface area contributed by atoms with Crippen LogP contribution in [0.2, 0.25) is 5.02 Å². The van der Waals surface area contributed by atoms with Crippen LogP contribution in [0.3, 0.4) is 0 Å². The molecule has 120 valence electrons. The van der Waals surface area contributed by atoms with Gasteiger partial charge >= 0.3 is 6.18 Å². The van der Waals surface area contributed by atoms with Crippen LogP contribution in [0.1, 0.15) is 11.1 Å². The molecule has 0 unspecified atom stereocenters. The summed E-state index contributed by atoms with van der Waals surface area (Å²) in [5.74, 6) is -0.555. The summed E-state index contributed by atoms with van der Waals surface area (Å²) in [7, 11) is 0. The van der Waals surface area contributed by atoms with Crippen LogP contribution in [0.15, 0.2) is 53.0 Å². The lowest BCUT2D eigenvalue weighted by molar-refractivity contribution is -0.138. The highest BCUT2D eigenvalue weighted by Crippen LogP contribution is 2.36. The van der Waals surface area contributed by atoms with E-state index in [1.54, 1.807) is 24.3 Å². The summed E-state index contributed by atoms with van der Waals surface area (Å²) >= 11 is 8.78. The Morgan fingerprint density at radius 1 is 1.17 bits per heavy atom. The molecule has 1 amide bonds. The normalized spacial score (nSPS) is 11.7. The summed E-state index contributed by atoms with van der Waals surface area (Å²) in [6.45, 7) is 0. The molecule has 7 heteroatoms. The zero-order valence-electron chi connectivity index (χ0n) is 11.5. The van der Waals surface area contributed by atoms with Gasteiger partial charge in [0.25, 0.3) is 0 Å². The van der Waals surface area contributed by atoms with Gasteiger partial charge in [-0.3, -0.25) is 4.79 Å². The van der Waals surface area contributed by atoms with E-state index in [0.717, 1.165) is 6.07 Å². The lowest BCUT2D eigenvalue weighted by Gasteiger charge is -2.11. The average Bonchev–Trinajstić information content (AvgIpc) is 2.47. The minimum Gasteiger partial charge on any atom is -0.322 e. The van der Waals surface area contributed by atoms with Crippen molar-refractivity contribution in [2.45, 2.75) is 6.18 Å². The third kappa shape index (κ3) is 4.84. The SMILES string of the molecule is O=C(/C=C/c1ccccc1Cl)Nc1ccc(Br)c(C(F)(F)F)c1. The molecule has 2 rings (SSSR count). The van der Waals surface area contributed by atoms with Gasteiger partial charge in [-0.05, 0) is 35.9 Å². The van der Waals surface area contributed by atoms with Crippen LogP contribution in [-0.2, 0) is 11.0 Å². The molecule has 0 fully saturated rings. The molecule has 0 bridgehead atoms. The Hall–Kier alpha value is -1.79. The van der Waals surface area contributed by atoms with E-state index in [4.69, 9.17) is 11.6 Å². The molecule has 0 aliphatic heterocycles. The van der Waals surface area contributed by atoms with Crippen molar-refractivity contribution < 1.29 is 18.0 Å². The molecule has 2 aromatic rings. The Labute approximate surface area is 144 Å². The predicted octanol–water partition coefficient (Wildman–Crippen LogP) is 5.77. The van der Waals surface area contributed by atoms with Crippen LogP contribution < -0.4 is 5.32 Å². The quantitative estimate of drug-likeness (QED) is 0.646. The van der Waals surface area contributed by atoms with Gasteiger partial charge in [-0.2, -0.15) is 13.2 Å². The number of rotatable bonds is 3. The second-order valence-corrected chi connectivity index (χ2v) is 5.80. The number of hydrogen-bond acceptors (Lipinski definition) is 1. The molecule has 0 saturated carbocycles. The van der Waals surface area contributed by atoms with Crippen molar-refractivity contribution in [1.82, 2.24) is 0 Å². The van der Waals surface area contributed by atoms with Crippen LogP contribution in [0.5, 0.6) is 0 Å².